The summed E-state index contributed by atoms with van der Waals surface area (Å²) >= 11 is 0. The molecule has 0 amide bonds. The molecular formula is C31H40O13. The van der Waals surface area contributed by atoms with E-state index >= 15 is 0 Å². The lowest BCUT2D eigenvalue weighted by Crippen LogP contribution is -2.63. The van der Waals surface area contributed by atoms with Crippen LogP contribution in [0.4, 0.5) is 0 Å². The van der Waals surface area contributed by atoms with Gasteiger partial charge in [0, 0.05) is 39.4 Å². The highest BCUT2D eigenvalue weighted by Gasteiger charge is 2.52. The number of hydrogen-bond donors (Lipinski definition) is 2. The van der Waals surface area contributed by atoms with E-state index in [0.29, 0.717) is 6.61 Å². The Morgan fingerprint density at radius 1 is 0.659 bits per heavy atom. The first-order valence-corrected chi connectivity index (χ1v) is 14.4. The Hall–Kier alpha value is -2.53. The number of carbonyl (C=O) groups is 1. The molecule has 0 aromatic heterocycles. The van der Waals surface area contributed by atoms with E-state index in [1.807, 2.05) is 60.7 Å². The zero-order valence-corrected chi connectivity index (χ0v) is 25.0. The summed E-state index contributed by atoms with van der Waals surface area (Å²) in [7, 11) is 4.45. The van der Waals surface area contributed by atoms with Gasteiger partial charge >= 0.3 is 5.97 Å². The van der Waals surface area contributed by atoms with Crippen molar-refractivity contribution in [2.75, 3.05) is 34.5 Å². The first kappa shape index (κ1) is 32.9. The summed E-state index contributed by atoms with van der Waals surface area (Å²) < 4.78 is 55.8. The van der Waals surface area contributed by atoms with Crippen molar-refractivity contribution in [3.05, 3.63) is 71.8 Å². The van der Waals surface area contributed by atoms with Gasteiger partial charge in [-0.15, -0.1) is 0 Å². The van der Waals surface area contributed by atoms with E-state index in [0.717, 1.165) is 11.1 Å². The topological polar surface area (TPSA) is 150 Å². The molecule has 4 fully saturated rings. The molecule has 13 heteroatoms. The smallest absolute Gasteiger partial charge is 0.303 e. The molecule has 12 atom stereocenters. The van der Waals surface area contributed by atoms with Crippen LogP contribution >= 0.6 is 0 Å². The maximum atomic E-state index is 11.4. The molecule has 0 spiro atoms. The van der Waals surface area contributed by atoms with Crippen molar-refractivity contribution in [3.8, 4) is 0 Å². The van der Waals surface area contributed by atoms with Crippen molar-refractivity contribution in [2.45, 2.75) is 80.9 Å². The molecule has 0 saturated carbocycles. The summed E-state index contributed by atoms with van der Waals surface area (Å²) in [5.74, 6) is -0.433. The molecular weight excluding hydrogens is 580 g/mol. The van der Waals surface area contributed by atoms with Gasteiger partial charge in [-0.1, -0.05) is 60.7 Å². The van der Waals surface area contributed by atoms with E-state index in [1.165, 1.54) is 21.1 Å². The minimum absolute atomic E-state index is 0.272. The van der Waals surface area contributed by atoms with Crippen LogP contribution in [0.5, 0.6) is 0 Å². The summed E-state index contributed by atoms with van der Waals surface area (Å²) in [5.41, 5.74) is 1.77. The fourth-order valence-electron chi connectivity index (χ4n) is 5.65. The predicted molar refractivity (Wildman–Crippen MR) is 150 cm³/mol. The molecule has 4 aliphatic rings. The fourth-order valence-corrected chi connectivity index (χ4v) is 5.65. The molecule has 2 aromatic carbocycles. The molecule has 0 aliphatic carbocycles. The zero-order chi connectivity index (χ0) is 31.2. The lowest BCUT2D eigenvalue weighted by Gasteiger charge is -2.47. The van der Waals surface area contributed by atoms with Crippen LogP contribution in [0.1, 0.15) is 30.6 Å². The Morgan fingerprint density at radius 2 is 1.16 bits per heavy atom. The molecule has 2 aromatic rings. The van der Waals surface area contributed by atoms with Crippen LogP contribution < -0.4 is 0 Å². The standard InChI is InChI=1S/C17H22O7.C14H18O6/c1-10(18)22-15-14(19-2)13-12(23-17(15)20-3)9-21-16(24-13)11-7-5-4-6-8-11;1-17-14-11(16)10(15)12-9(19-14)7-18-13(20-12)8-5-3-2-4-6-8/h4-8,12-17H,9H2,1-3H3;2-6,9-16H,7H2,1H3/t12-,13-,14+,15-,16?,17+;9-,10-,11-,12-,13?,14+/m11/s1. The van der Waals surface area contributed by atoms with Gasteiger partial charge in [-0.3, -0.25) is 4.79 Å². The van der Waals surface area contributed by atoms with E-state index in [-0.39, 0.29) is 12.7 Å². The highest BCUT2D eigenvalue weighted by molar-refractivity contribution is 5.66. The lowest BCUT2D eigenvalue weighted by molar-refractivity contribution is -0.361. The first-order valence-electron chi connectivity index (χ1n) is 14.4. The number of esters is 1. The minimum Gasteiger partial charge on any atom is -0.454 e. The summed E-state index contributed by atoms with van der Waals surface area (Å²) in [6.07, 6.45) is -8.06. The Morgan fingerprint density at radius 3 is 1.66 bits per heavy atom. The summed E-state index contributed by atoms with van der Waals surface area (Å²) in [6, 6.07) is 19.1. The summed E-state index contributed by atoms with van der Waals surface area (Å²) in [4.78, 5) is 11.4. The van der Waals surface area contributed by atoms with Crippen molar-refractivity contribution in [2.24, 2.45) is 0 Å². The lowest BCUT2D eigenvalue weighted by atomic mass is 9.97. The highest BCUT2D eigenvalue weighted by Crippen LogP contribution is 2.37. The number of aliphatic hydroxyl groups is 2. The molecule has 13 nitrogen and oxygen atoms in total. The Labute approximate surface area is 255 Å². The van der Waals surface area contributed by atoms with Gasteiger partial charge in [-0.2, -0.15) is 0 Å². The summed E-state index contributed by atoms with van der Waals surface area (Å²) in [6.45, 7) is 1.94. The van der Waals surface area contributed by atoms with E-state index in [1.54, 1.807) is 7.11 Å². The first-order chi connectivity index (χ1) is 21.3. The van der Waals surface area contributed by atoms with E-state index in [2.05, 4.69) is 0 Å². The second kappa shape index (κ2) is 15.2. The number of ether oxygens (including phenoxy) is 10. The average Bonchev–Trinajstić information content (AvgIpc) is 3.06. The van der Waals surface area contributed by atoms with E-state index < -0.39 is 73.9 Å². The molecule has 242 valence electrons. The number of carbonyl (C=O) groups excluding carboxylic acids is 1. The maximum absolute atomic E-state index is 11.4. The highest BCUT2D eigenvalue weighted by atomic mass is 16.8. The second-order valence-corrected chi connectivity index (χ2v) is 10.7. The van der Waals surface area contributed by atoms with Crippen molar-refractivity contribution >= 4 is 5.97 Å². The van der Waals surface area contributed by atoms with Crippen molar-refractivity contribution in [1.29, 1.82) is 0 Å². The fraction of sp³-hybridized carbons (Fsp3) is 0.581. The second-order valence-electron chi connectivity index (χ2n) is 10.7. The monoisotopic (exact) mass is 620 g/mol. The average molecular weight is 621 g/mol. The Kier molecular flexibility index (Phi) is 11.3. The molecule has 4 heterocycles. The van der Waals surface area contributed by atoms with Crippen LogP contribution in [0.3, 0.4) is 0 Å². The number of benzene rings is 2. The summed E-state index contributed by atoms with van der Waals surface area (Å²) in [5, 5.41) is 20.1. The third kappa shape index (κ3) is 7.30. The molecule has 4 saturated heterocycles. The van der Waals surface area contributed by atoms with Gasteiger partial charge in [0.2, 0.25) is 0 Å². The van der Waals surface area contributed by atoms with E-state index in [4.69, 9.17) is 47.4 Å². The largest absolute Gasteiger partial charge is 0.454 e. The van der Waals surface area contributed by atoms with Gasteiger partial charge in [0.25, 0.3) is 0 Å². The van der Waals surface area contributed by atoms with Gasteiger partial charge in [-0.05, 0) is 0 Å². The number of methoxy groups -OCH3 is 3. The van der Waals surface area contributed by atoms with Crippen molar-refractivity contribution in [3.63, 3.8) is 0 Å². The van der Waals surface area contributed by atoms with Crippen molar-refractivity contribution < 1.29 is 62.4 Å². The van der Waals surface area contributed by atoms with Crippen LogP contribution in [-0.2, 0) is 52.2 Å². The van der Waals surface area contributed by atoms with Crippen molar-refractivity contribution in [1.82, 2.24) is 0 Å². The minimum atomic E-state index is -1.14. The number of rotatable bonds is 6. The maximum Gasteiger partial charge on any atom is 0.303 e. The van der Waals surface area contributed by atoms with E-state index in [9.17, 15) is 15.0 Å². The molecule has 4 aliphatic heterocycles. The molecule has 0 radical (unpaired) electrons. The Balaban J connectivity index is 0.000000177. The quantitative estimate of drug-likeness (QED) is 0.451. The van der Waals surface area contributed by atoms with Gasteiger partial charge < -0.3 is 57.6 Å². The molecule has 2 unspecified atom stereocenters. The van der Waals surface area contributed by atoms with Crippen LogP contribution in [0.15, 0.2) is 60.7 Å². The number of aliphatic hydroxyl groups excluding tert-OH is 2. The molecule has 2 N–H and O–H groups in total. The third-order valence-electron chi connectivity index (χ3n) is 7.80. The van der Waals surface area contributed by atoms with Gasteiger partial charge in [-0.25, -0.2) is 0 Å². The van der Waals surface area contributed by atoms with Gasteiger partial charge in [0.1, 0.15) is 42.7 Å². The van der Waals surface area contributed by atoms with Crippen LogP contribution in [0.25, 0.3) is 0 Å². The van der Waals surface area contributed by atoms with Crippen LogP contribution in [0.2, 0.25) is 0 Å². The number of fused-ring (bicyclic) bond motifs is 2. The van der Waals surface area contributed by atoms with Crippen LogP contribution in [-0.4, -0.2) is 112 Å². The number of hydrogen-bond acceptors (Lipinski definition) is 13. The molecule has 0 bridgehead atoms. The van der Waals surface area contributed by atoms with Crippen LogP contribution in [0, 0.1) is 0 Å². The SMILES string of the molecule is CO[C@H]1O[C@@H]2COC(c3ccccc3)O[C@H]2[C@H](O)[C@H]1O.CO[C@H]1O[C@@H]2COC(c3ccccc3)O[C@H]2[C@H](OC)[C@H]1OC(C)=O. The normalized spacial score (nSPS) is 38.3. The molecule has 6 rings (SSSR count). The molecule has 44 heavy (non-hydrogen) atoms. The Bertz CT molecular complexity index is 1170. The zero-order valence-electron chi connectivity index (χ0n) is 25.0. The van der Waals surface area contributed by atoms with Gasteiger partial charge in [0.05, 0.1) is 13.2 Å². The predicted octanol–water partition coefficient (Wildman–Crippen LogP) is 1.61. The third-order valence-corrected chi connectivity index (χ3v) is 7.80. The van der Waals surface area contributed by atoms with Gasteiger partial charge in [0.15, 0.2) is 31.3 Å².